The number of rotatable bonds is 8. The monoisotopic (exact) mass is 435 g/mol. The molecule has 0 spiro atoms. The van der Waals surface area contributed by atoms with Crippen molar-refractivity contribution < 1.29 is 28.6 Å². The first-order valence-corrected chi connectivity index (χ1v) is 10.5. The van der Waals surface area contributed by atoms with Crippen LogP contribution >= 0.6 is 0 Å². The highest BCUT2D eigenvalue weighted by atomic mass is 16.6. The molecular weight excluding hydrogens is 402 g/mol. The molecule has 0 radical (unpaired) electrons. The van der Waals surface area contributed by atoms with E-state index in [1.807, 2.05) is 0 Å². The first-order chi connectivity index (χ1) is 14.5. The fraction of sp³-hybridized carbons (Fsp3) is 0.591. The van der Waals surface area contributed by atoms with Gasteiger partial charge in [0.1, 0.15) is 11.6 Å². The van der Waals surface area contributed by atoms with Crippen LogP contribution in [0.25, 0.3) is 0 Å². The normalized spacial score (nSPS) is 14.4. The third kappa shape index (κ3) is 8.45. The summed E-state index contributed by atoms with van der Waals surface area (Å²) >= 11 is 0. The highest BCUT2D eigenvalue weighted by Crippen LogP contribution is 2.32. The van der Waals surface area contributed by atoms with Gasteiger partial charge in [-0.2, -0.15) is 0 Å². The molecule has 2 rings (SSSR count). The van der Waals surface area contributed by atoms with Gasteiger partial charge in [-0.1, -0.05) is 0 Å². The van der Waals surface area contributed by atoms with Gasteiger partial charge in [0, 0.05) is 38.2 Å². The van der Waals surface area contributed by atoms with E-state index in [9.17, 15) is 14.4 Å². The van der Waals surface area contributed by atoms with Crippen LogP contribution in [-0.4, -0.2) is 67.2 Å². The largest absolute Gasteiger partial charge is 0.490 e. The molecule has 9 nitrogen and oxygen atoms in total. The summed E-state index contributed by atoms with van der Waals surface area (Å²) in [6.45, 7) is 10.2. The Kier molecular flexibility index (Phi) is 8.67. The second-order valence-corrected chi connectivity index (χ2v) is 8.42. The fourth-order valence-corrected chi connectivity index (χ4v) is 2.95. The molecule has 1 aromatic carbocycles. The van der Waals surface area contributed by atoms with Crippen LogP contribution in [0.1, 0.15) is 41.0 Å². The Morgan fingerprint density at radius 3 is 2.48 bits per heavy atom. The Morgan fingerprint density at radius 2 is 1.84 bits per heavy atom. The number of nitrogens with zero attached hydrogens (tertiary/aromatic N) is 1. The van der Waals surface area contributed by atoms with E-state index in [2.05, 4.69) is 10.6 Å². The number of hydrogen-bond donors (Lipinski definition) is 2. The SMILES string of the molecule is CC(=O)NCCN(CC(=O)Nc1ccc2c(c1)OCCCO2)[C@@H](C)C(=O)OC(C)(C)C. The van der Waals surface area contributed by atoms with Crippen molar-refractivity contribution in [3.8, 4) is 11.5 Å². The molecule has 0 unspecified atom stereocenters. The minimum absolute atomic E-state index is 0.0472. The first kappa shape index (κ1) is 24.5. The minimum atomic E-state index is -0.664. The number of hydrogen-bond acceptors (Lipinski definition) is 7. The molecule has 1 aliphatic heterocycles. The Labute approximate surface area is 183 Å². The molecule has 172 valence electrons. The summed E-state index contributed by atoms with van der Waals surface area (Å²) < 4.78 is 16.7. The van der Waals surface area contributed by atoms with Gasteiger partial charge in [-0.25, -0.2) is 0 Å². The van der Waals surface area contributed by atoms with Crippen LogP contribution in [0.5, 0.6) is 11.5 Å². The summed E-state index contributed by atoms with van der Waals surface area (Å²) in [7, 11) is 0. The first-order valence-electron chi connectivity index (χ1n) is 10.5. The molecule has 0 saturated carbocycles. The van der Waals surface area contributed by atoms with Gasteiger partial charge in [-0.05, 0) is 39.8 Å². The lowest BCUT2D eigenvalue weighted by Crippen LogP contribution is -2.48. The van der Waals surface area contributed by atoms with Crippen LogP contribution in [0.15, 0.2) is 18.2 Å². The Bertz CT molecular complexity index is 790. The van der Waals surface area contributed by atoms with Crippen molar-refractivity contribution in [3.63, 3.8) is 0 Å². The van der Waals surface area contributed by atoms with E-state index in [0.29, 0.717) is 43.5 Å². The number of benzene rings is 1. The zero-order valence-electron chi connectivity index (χ0n) is 18.9. The summed E-state index contributed by atoms with van der Waals surface area (Å²) in [5.41, 5.74) is -0.0677. The average molecular weight is 436 g/mol. The van der Waals surface area contributed by atoms with Gasteiger partial charge >= 0.3 is 5.97 Å². The number of carbonyl (C=O) groups is 3. The molecule has 1 aromatic rings. The standard InChI is InChI=1S/C22H33N3O6/c1-15(21(28)31-22(3,4)5)25(10-9-23-16(2)26)14-20(27)24-17-7-8-18-19(13-17)30-12-6-11-29-18/h7-8,13,15H,6,9-12,14H2,1-5H3,(H,23,26)(H,24,27)/t15-/m0/s1. The third-order valence-electron chi connectivity index (χ3n) is 4.45. The Morgan fingerprint density at radius 1 is 1.16 bits per heavy atom. The summed E-state index contributed by atoms with van der Waals surface area (Å²) in [5, 5.41) is 5.51. The molecule has 1 atom stereocenters. The van der Waals surface area contributed by atoms with E-state index in [0.717, 1.165) is 6.42 Å². The van der Waals surface area contributed by atoms with Crippen molar-refractivity contribution >= 4 is 23.5 Å². The number of fused-ring (bicyclic) bond motifs is 1. The van der Waals surface area contributed by atoms with Gasteiger partial charge in [0.05, 0.1) is 19.8 Å². The van der Waals surface area contributed by atoms with Crippen LogP contribution in [0.2, 0.25) is 0 Å². The van der Waals surface area contributed by atoms with Gasteiger partial charge in [-0.3, -0.25) is 19.3 Å². The molecule has 0 aromatic heterocycles. The van der Waals surface area contributed by atoms with Gasteiger partial charge in [0.15, 0.2) is 11.5 Å². The lowest BCUT2D eigenvalue weighted by atomic mass is 10.2. The maximum atomic E-state index is 12.7. The maximum absolute atomic E-state index is 12.7. The lowest BCUT2D eigenvalue weighted by Gasteiger charge is -2.30. The average Bonchev–Trinajstić information content (AvgIpc) is 2.90. The number of amides is 2. The number of esters is 1. The molecule has 0 saturated heterocycles. The highest BCUT2D eigenvalue weighted by molar-refractivity contribution is 5.93. The van der Waals surface area contributed by atoms with E-state index in [1.54, 1.807) is 50.8 Å². The molecular formula is C22H33N3O6. The van der Waals surface area contributed by atoms with E-state index in [-0.39, 0.29) is 18.4 Å². The highest BCUT2D eigenvalue weighted by Gasteiger charge is 2.28. The van der Waals surface area contributed by atoms with Gasteiger partial charge in [0.25, 0.3) is 0 Å². The van der Waals surface area contributed by atoms with E-state index >= 15 is 0 Å². The van der Waals surface area contributed by atoms with Gasteiger partial charge < -0.3 is 24.8 Å². The number of nitrogens with one attached hydrogen (secondary N) is 2. The third-order valence-corrected chi connectivity index (χ3v) is 4.45. The number of anilines is 1. The van der Waals surface area contributed by atoms with Crippen LogP contribution in [0.3, 0.4) is 0 Å². The van der Waals surface area contributed by atoms with E-state index in [4.69, 9.17) is 14.2 Å². The molecule has 0 fully saturated rings. The molecule has 31 heavy (non-hydrogen) atoms. The molecule has 2 amide bonds. The van der Waals surface area contributed by atoms with Crippen molar-refractivity contribution in [2.24, 2.45) is 0 Å². The van der Waals surface area contributed by atoms with Gasteiger partial charge in [-0.15, -0.1) is 0 Å². The lowest BCUT2D eigenvalue weighted by molar-refractivity contribution is -0.160. The van der Waals surface area contributed by atoms with Crippen molar-refractivity contribution in [2.45, 2.75) is 52.7 Å². The second-order valence-electron chi connectivity index (χ2n) is 8.42. The van der Waals surface area contributed by atoms with Gasteiger partial charge in [0.2, 0.25) is 11.8 Å². The Hall–Kier alpha value is -2.81. The molecule has 0 aliphatic carbocycles. The van der Waals surface area contributed by atoms with Crippen LogP contribution in [0, 0.1) is 0 Å². The number of carbonyl (C=O) groups excluding carboxylic acids is 3. The summed E-state index contributed by atoms with van der Waals surface area (Å²) in [6.07, 6.45) is 0.794. The van der Waals surface area contributed by atoms with E-state index in [1.165, 1.54) is 6.92 Å². The van der Waals surface area contributed by atoms with Crippen LogP contribution < -0.4 is 20.1 Å². The quantitative estimate of drug-likeness (QED) is 0.601. The fourth-order valence-electron chi connectivity index (χ4n) is 2.95. The zero-order valence-corrected chi connectivity index (χ0v) is 18.9. The topological polar surface area (TPSA) is 106 Å². The second kappa shape index (κ2) is 11.0. The van der Waals surface area contributed by atoms with E-state index < -0.39 is 17.6 Å². The number of ether oxygens (including phenoxy) is 3. The van der Waals surface area contributed by atoms with Crippen molar-refractivity contribution in [1.82, 2.24) is 10.2 Å². The summed E-state index contributed by atoms with van der Waals surface area (Å²) in [5.74, 6) is 0.318. The van der Waals surface area contributed by atoms with Crippen molar-refractivity contribution in [1.29, 1.82) is 0 Å². The predicted molar refractivity (Wildman–Crippen MR) is 116 cm³/mol. The van der Waals surface area contributed by atoms with Crippen molar-refractivity contribution in [2.75, 3.05) is 38.2 Å². The van der Waals surface area contributed by atoms with Crippen LogP contribution in [-0.2, 0) is 19.1 Å². The molecule has 9 heteroatoms. The Balaban J connectivity index is 2.04. The molecule has 0 bridgehead atoms. The summed E-state index contributed by atoms with van der Waals surface area (Å²) in [4.78, 5) is 38.1. The van der Waals surface area contributed by atoms with Crippen LogP contribution in [0.4, 0.5) is 5.69 Å². The molecule has 1 aliphatic rings. The predicted octanol–water partition coefficient (Wildman–Crippen LogP) is 1.95. The maximum Gasteiger partial charge on any atom is 0.323 e. The zero-order chi connectivity index (χ0) is 23.0. The van der Waals surface area contributed by atoms with Crippen molar-refractivity contribution in [3.05, 3.63) is 18.2 Å². The summed E-state index contributed by atoms with van der Waals surface area (Å²) in [6, 6.07) is 4.55. The minimum Gasteiger partial charge on any atom is -0.490 e. The molecule has 2 N–H and O–H groups in total. The smallest absolute Gasteiger partial charge is 0.323 e. The molecule has 1 heterocycles.